The molecule has 0 radical (unpaired) electrons. The lowest BCUT2D eigenvalue weighted by molar-refractivity contribution is -0.113. The minimum Gasteiger partial charge on any atom is -0.494 e. The van der Waals surface area contributed by atoms with Crippen LogP contribution in [0, 0.1) is 0 Å². The first-order valence-electron chi connectivity index (χ1n) is 13.6. The number of para-hydroxylation sites is 1. The zero-order chi connectivity index (χ0) is 27.3. The van der Waals surface area contributed by atoms with Gasteiger partial charge < -0.3 is 9.64 Å². The summed E-state index contributed by atoms with van der Waals surface area (Å²) in [6.45, 7) is 7.07. The Hall–Kier alpha value is -4.14. The van der Waals surface area contributed by atoms with E-state index in [4.69, 9.17) is 9.84 Å². The molecular weight excluding hydrogens is 518 g/mol. The maximum atomic E-state index is 13.0. The second-order valence-corrected chi connectivity index (χ2v) is 10.7. The van der Waals surface area contributed by atoms with Crippen molar-refractivity contribution < 1.29 is 9.53 Å². The molecule has 0 aliphatic carbocycles. The van der Waals surface area contributed by atoms with Gasteiger partial charge in [0.2, 0.25) is 0 Å². The molecule has 0 bridgehead atoms. The number of hydrogen-bond donors (Lipinski definition) is 0. The van der Waals surface area contributed by atoms with Gasteiger partial charge in [0.25, 0.3) is 5.91 Å². The number of ether oxygens (including phenoxy) is 1. The van der Waals surface area contributed by atoms with Gasteiger partial charge >= 0.3 is 0 Å². The van der Waals surface area contributed by atoms with Gasteiger partial charge in [-0.3, -0.25) is 9.69 Å². The van der Waals surface area contributed by atoms with E-state index in [1.165, 1.54) is 17.3 Å². The molecule has 1 saturated heterocycles. The summed E-state index contributed by atoms with van der Waals surface area (Å²) in [7, 11) is 0. The number of piperazine rings is 1. The van der Waals surface area contributed by atoms with E-state index in [0.29, 0.717) is 11.5 Å². The van der Waals surface area contributed by atoms with Crippen molar-refractivity contribution >= 4 is 28.9 Å². The number of amidine groups is 1. The fourth-order valence-corrected chi connectivity index (χ4v) is 5.90. The van der Waals surface area contributed by atoms with Crippen LogP contribution in [0.2, 0.25) is 0 Å². The molecule has 0 unspecified atom stereocenters. The Bertz CT molecular complexity index is 1540. The van der Waals surface area contributed by atoms with Crippen LogP contribution < -0.4 is 4.74 Å². The fourth-order valence-electron chi connectivity index (χ4n) is 4.94. The Morgan fingerprint density at radius 3 is 2.42 bits per heavy atom. The lowest BCUT2D eigenvalue weighted by Gasteiger charge is -2.35. The second-order valence-electron chi connectivity index (χ2n) is 9.73. The van der Waals surface area contributed by atoms with Crippen molar-refractivity contribution in [1.29, 1.82) is 0 Å². The zero-order valence-electron chi connectivity index (χ0n) is 22.4. The van der Waals surface area contributed by atoms with Gasteiger partial charge in [-0.15, -0.1) is 0 Å². The molecule has 7 nitrogen and oxygen atoms in total. The van der Waals surface area contributed by atoms with Crippen molar-refractivity contribution in [2.75, 3.05) is 32.8 Å². The quantitative estimate of drug-likeness (QED) is 0.275. The topological polar surface area (TPSA) is 63.0 Å². The smallest absolute Gasteiger partial charge is 0.286 e. The van der Waals surface area contributed by atoms with Gasteiger partial charge in [0.15, 0.2) is 5.17 Å². The van der Waals surface area contributed by atoms with Gasteiger partial charge in [-0.25, -0.2) is 4.68 Å². The SMILES string of the molecule is CCOc1cccc(-c2nn(-c3ccccc3)cc2/C=C2\SC(N3CCN(Cc4ccccc4)CC3)=NC2=O)c1. The third kappa shape index (κ3) is 5.88. The van der Waals surface area contributed by atoms with Crippen molar-refractivity contribution in [1.82, 2.24) is 19.6 Å². The summed E-state index contributed by atoms with van der Waals surface area (Å²) >= 11 is 1.45. The van der Waals surface area contributed by atoms with Crippen molar-refractivity contribution in [3.63, 3.8) is 0 Å². The van der Waals surface area contributed by atoms with Crippen LogP contribution in [0.1, 0.15) is 18.1 Å². The van der Waals surface area contributed by atoms with E-state index in [1.54, 1.807) is 0 Å². The van der Waals surface area contributed by atoms with Gasteiger partial charge in [0.1, 0.15) is 11.4 Å². The van der Waals surface area contributed by atoms with Gasteiger partial charge in [0, 0.05) is 50.0 Å². The molecule has 4 aromatic rings. The van der Waals surface area contributed by atoms with Gasteiger partial charge in [-0.1, -0.05) is 60.7 Å². The predicted molar refractivity (Wildman–Crippen MR) is 161 cm³/mol. The Kier molecular flexibility index (Phi) is 7.79. The number of benzene rings is 3. The molecule has 2 aliphatic heterocycles. The first kappa shape index (κ1) is 26.1. The summed E-state index contributed by atoms with van der Waals surface area (Å²) in [4.78, 5) is 22.8. The molecular formula is C32H31N5O2S. The van der Waals surface area contributed by atoms with Gasteiger partial charge in [-0.2, -0.15) is 10.1 Å². The molecule has 40 heavy (non-hydrogen) atoms. The van der Waals surface area contributed by atoms with Gasteiger partial charge in [0.05, 0.1) is 17.2 Å². The number of thioether (sulfide) groups is 1. The monoisotopic (exact) mass is 549 g/mol. The Balaban J connectivity index is 1.21. The Morgan fingerprint density at radius 1 is 0.925 bits per heavy atom. The molecule has 1 amide bonds. The Morgan fingerprint density at radius 2 is 1.68 bits per heavy atom. The highest BCUT2D eigenvalue weighted by Crippen LogP contribution is 2.34. The number of aliphatic imine (C=N–C) groups is 1. The van der Waals surface area contributed by atoms with Crippen LogP contribution in [0.3, 0.4) is 0 Å². The van der Waals surface area contributed by atoms with E-state index in [2.05, 4.69) is 39.1 Å². The first-order valence-corrected chi connectivity index (χ1v) is 14.4. The maximum Gasteiger partial charge on any atom is 0.286 e. The molecule has 0 spiro atoms. The first-order chi connectivity index (χ1) is 19.7. The number of aromatic nitrogens is 2. The third-order valence-electron chi connectivity index (χ3n) is 6.97. The summed E-state index contributed by atoms with van der Waals surface area (Å²) in [6, 6.07) is 28.4. The maximum absolute atomic E-state index is 13.0. The summed E-state index contributed by atoms with van der Waals surface area (Å²) in [5, 5.41) is 5.70. The standard InChI is InChI=1S/C32H31N5O2S/c1-2-39-28-15-9-12-25(20-28)30-26(23-37(34-30)27-13-7-4-8-14-27)21-29-31(38)33-32(40-29)36-18-16-35(17-19-36)22-24-10-5-3-6-11-24/h3-15,20-21,23H,2,16-19,22H2,1H3/b29-21-. The van der Waals surface area contributed by atoms with Crippen LogP contribution in [-0.2, 0) is 11.3 Å². The lowest BCUT2D eigenvalue weighted by atomic mass is 10.1. The highest BCUT2D eigenvalue weighted by molar-refractivity contribution is 8.18. The summed E-state index contributed by atoms with van der Waals surface area (Å²) in [5.74, 6) is 0.587. The highest BCUT2D eigenvalue weighted by Gasteiger charge is 2.29. The normalized spacial score (nSPS) is 16.9. The molecule has 0 atom stereocenters. The van der Waals surface area contributed by atoms with Crippen molar-refractivity contribution in [2.24, 2.45) is 4.99 Å². The zero-order valence-corrected chi connectivity index (χ0v) is 23.3. The molecule has 202 valence electrons. The number of carbonyl (C=O) groups excluding carboxylic acids is 1. The molecule has 0 saturated carbocycles. The average Bonchev–Trinajstić information content (AvgIpc) is 3.58. The third-order valence-corrected chi connectivity index (χ3v) is 8.01. The fraction of sp³-hybridized carbons (Fsp3) is 0.219. The number of hydrogen-bond acceptors (Lipinski definition) is 6. The minimum absolute atomic E-state index is 0.201. The van der Waals surface area contributed by atoms with Crippen LogP contribution in [-0.4, -0.2) is 63.4 Å². The molecule has 1 fully saturated rings. The molecule has 3 heterocycles. The van der Waals surface area contributed by atoms with Crippen molar-refractivity contribution in [3.8, 4) is 22.7 Å². The number of amides is 1. The molecule has 8 heteroatoms. The van der Waals surface area contributed by atoms with Crippen molar-refractivity contribution in [2.45, 2.75) is 13.5 Å². The number of rotatable bonds is 7. The van der Waals surface area contributed by atoms with Crippen LogP contribution in [0.15, 0.2) is 101 Å². The van der Waals surface area contributed by atoms with Crippen LogP contribution in [0.5, 0.6) is 5.75 Å². The minimum atomic E-state index is -0.201. The number of carbonyl (C=O) groups is 1. The molecule has 2 aliphatic rings. The largest absolute Gasteiger partial charge is 0.494 e. The second kappa shape index (κ2) is 11.9. The van der Waals surface area contributed by atoms with E-state index < -0.39 is 0 Å². The van der Waals surface area contributed by atoms with E-state index in [-0.39, 0.29) is 5.91 Å². The summed E-state index contributed by atoms with van der Waals surface area (Å²) < 4.78 is 7.59. The lowest BCUT2D eigenvalue weighted by Crippen LogP contribution is -2.47. The predicted octanol–water partition coefficient (Wildman–Crippen LogP) is 5.73. The van der Waals surface area contributed by atoms with E-state index >= 15 is 0 Å². The average molecular weight is 550 g/mol. The molecule has 0 N–H and O–H groups in total. The highest BCUT2D eigenvalue weighted by atomic mass is 32.2. The van der Waals surface area contributed by atoms with Gasteiger partial charge in [-0.05, 0) is 54.6 Å². The van der Waals surface area contributed by atoms with Crippen LogP contribution in [0.4, 0.5) is 0 Å². The molecule has 1 aromatic heterocycles. The van der Waals surface area contributed by atoms with E-state index in [0.717, 1.165) is 66.1 Å². The molecule has 3 aromatic carbocycles. The van der Waals surface area contributed by atoms with Crippen molar-refractivity contribution in [3.05, 3.63) is 107 Å². The van der Waals surface area contributed by atoms with E-state index in [9.17, 15) is 4.79 Å². The Labute approximate surface area is 238 Å². The van der Waals surface area contributed by atoms with Crippen LogP contribution in [0.25, 0.3) is 23.0 Å². The summed E-state index contributed by atoms with van der Waals surface area (Å²) in [6.07, 6.45) is 3.89. The summed E-state index contributed by atoms with van der Waals surface area (Å²) in [5.41, 5.74) is 4.85. The van der Waals surface area contributed by atoms with Crippen LogP contribution >= 0.6 is 11.8 Å². The van der Waals surface area contributed by atoms with E-state index in [1.807, 2.05) is 84.5 Å². The molecule has 6 rings (SSSR count). The number of nitrogens with zero attached hydrogens (tertiary/aromatic N) is 5.